The van der Waals surface area contributed by atoms with E-state index in [1.54, 1.807) is 0 Å². The van der Waals surface area contributed by atoms with Gasteiger partial charge in [0.25, 0.3) is 0 Å². The number of carbonyl (C=O) groups excluding carboxylic acids is 2. The molecule has 2 aliphatic rings. The van der Waals surface area contributed by atoms with Crippen molar-refractivity contribution in [2.45, 2.75) is 26.3 Å². The normalized spacial score (nSPS) is 22.2. The van der Waals surface area contributed by atoms with Gasteiger partial charge in [0, 0.05) is 45.7 Å². The van der Waals surface area contributed by atoms with E-state index in [2.05, 4.69) is 11.8 Å². The quantitative estimate of drug-likeness (QED) is 0.824. The fourth-order valence-corrected chi connectivity index (χ4v) is 3.66. The Hall–Kier alpha value is -1.88. The van der Waals surface area contributed by atoms with Gasteiger partial charge in [0.1, 0.15) is 0 Å². The molecule has 2 amide bonds. The smallest absolute Gasteiger partial charge is 0.228 e. The lowest BCUT2D eigenvalue weighted by molar-refractivity contribution is -0.137. The fraction of sp³-hybridized carbons (Fsp3) is 0.579. The number of carbonyl (C=O) groups is 2. The maximum Gasteiger partial charge on any atom is 0.228 e. The van der Waals surface area contributed by atoms with Crippen LogP contribution in [0.15, 0.2) is 30.3 Å². The minimum atomic E-state index is -0.168. The Labute approximate surface area is 144 Å². The van der Waals surface area contributed by atoms with E-state index < -0.39 is 0 Å². The van der Waals surface area contributed by atoms with Gasteiger partial charge in [-0.05, 0) is 18.5 Å². The molecule has 1 aromatic carbocycles. The maximum absolute atomic E-state index is 12.7. The van der Waals surface area contributed by atoms with Crippen LogP contribution in [0.4, 0.5) is 0 Å². The second-order valence-corrected chi connectivity index (χ2v) is 6.83. The van der Waals surface area contributed by atoms with E-state index in [1.807, 2.05) is 40.1 Å². The SMILES string of the molecule is CCCN1CCN(C(=O)C2CC(=O)N(Cc3ccccc3)C2)CC1. The largest absolute Gasteiger partial charge is 0.340 e. The van der Waals surface area contributed by atoms with Crippen molar-refractivity contribution in [2.24, 2.45) is 5.92 Å². The Morgan fingerprint density at radius 1 is 1.12 bits per heavy atom. The number of piperazine rings is 1. The van der Waals surface area contributed by atoms with Gasteiger partial charge in [-0.15, -0.1) is 0 Å². The first-order valence-corrected chi connectivity index (χ1v) is 9.00. The fourth-order valence-electron chi connectivity index (χ4n) is 3.66. The highest BCUT2D eigenvalue weighted by atomic mass is 16.2. The second-order valence-electron chi connectivity index (χ2n) is 6.83. The van der Waals surface area contributed by atoms with E-state index >= 15 is 0 Å². The van der Waals surface area contributed by atoms with Crippen molar-refractivity contribution in [2.75, 3.05) is 39.3 Å². The van der Waals surface area contributed by atoms with Crippen molar-refractivity contribution in [3.05, 3.63) is 35.9 Å². The van der Waals surface area contributed by atoms with Gasteiger partial charge < -0.3 is 9.80 Å². The van der Waals surface area contributed by atoms with Gasteiger partial charge in [-0.3, -0.25) is 14.5 Å². The molecule has 5 nitrogen and oxygen atoms in total. The molecule has 3 rings (SSSR count). The van der Waals surface area contributed by atoms with E-state index in [9.17, 15) is 9.59 Å². The van der Waals surface area contributed by atoms with Crippen LogP contribution in [-0.4, -0.2) is 65.8 Å². The average Bonchev–Trinajstić information content (AvgIpc) is 2.97. The molecule has 0 bridgehead atoms. The lowest BCUT2D eigenvalue weighted by Crippen LogP contribution is -2.50. The topological polar surface area (TPSA) is 43.9 Å². The monoisotopic (exact) mass is 329 g/mol. The molecule has 2 fully saturated rings. The van der Waals surface area contributed by atoms with Gasteiger partial charge >= 0.3 is 0 Å². The summed E-state index contributed by atoms with van der Waals surface area (Å²) in [4.78, 5) is 31.2. The summed E-state index contributed by atoms with van der Waals surface area (Å²) in [6.45, 7) is 7.94. The van der Waals surface area contributed by atoms with Gasteiger partial charge in [0.05, 0.1) is 5.92 Å². The molecule has 2 heterocycles. The number of nitrogens with zero attached hydrogens (tertiary/aromatic N) is 3. The van der Waals surface area contributed by atoms with Crippen molar-refractivity contribution in [1.82, 2.24) is 14.7 Å². The molecule has 1 atom stereocenters. The number of likely N-dealkylation sites (tertiary alicyclic amines) is 1. The van der Waals surface area contributed by atoms with Crippen molar-refractivity contribution in [1.29, 1.82) is 0 Å². The highest BCUT2D eigenvalue weighted by Crippen LogP contribution is 2.22. The Balaban J connectivity index is 1.53. The van der Waals surface area contributed by atoms with Gasteiger partial charge in [-0.1, -0.05) is 37.3 Å². The van der Waals surface area contributed by atoms with E-state index in [0.717, 1.165) is 44.7 Å². The third kappa shape index (κ3) is 3.96. The predicted octanol–water partition coefficient (Wildman–Crippen LogP) is 1.59. The van der Waals surface area contributed by atoms with Gasteiger partial charge in [-0.25, -0.2) is 0 Å². The molecular weight excluding hydrogens is 302 g/mol. The molecule has 130 valence electrons. The standard InChI is InChI=1S/C19H27N3O2/c1-2-8-20-9-11-21(12-10-20)19(24)17-13-18(23)22(15-17)14-16-6-4-3-5-7-16/h3-7,17H,2,8-15H2,1H3. The van der Waals surface area contributed by atoms with E-state index in [4.69, 9.17) is 0 Å². The lowest BCUT2D eigenvalue weighted by Gasteiger charge is -2.35. The van der Waals surface area contributed by atoms with Crippen molar-refractivity contribution in [3.63, 3.8) is 0 Å². The summed E-state index contributed by atoms with van der Waals surface area (Å²) in [5.41, 5.74) is 1.12. The summed E-state index contributed by atoms with van der Waals surface area (Å²) in [6.07, 6.45) is 1.51. The van der Waals surface area contributed by atoms with Crippen LogP contribution in [0.2, 0.25) is 0 Å². The van der Waals surface area contributed by atoms with E-state index in [0.29, 0.717) is 19.5 Å². The van der Waals surface area contributed by atoms with E-state index in [-0.39, 0.29) is 17.7 Å². The molecule has 5 heteroatoms. The van der Waals surface area contributed by atoms with Crippen LogP contribution in [0.5, 0.6) is 0 Å². The lowest BCUT2D eigenvalue weighted by atomic mass is 10.1. The molecule has 0 aromatic heterocycles. The number of hydrogen-bond donors (Lipinski definition) is 0. The van der Waals surface area contributed by atoms with E-state index in [1.165, 1.54) is 0 Å². The number of amides is 2. The van der Waals surface area contributed by atoms with Crippen LogP contribution in [0.3, 0.4) is 0 Å². The Morgan fingerprint density at radius 2 is 1.83 bits per heavy atom. The number of benzene rings is 1. The zero-order chi connectivity index (χ0) is 16.9. The first-order valence-electron chi connectivity index (χ1n) is 9.00. The van der Waals surface area contributed by atoms with Crippen LogP contribution in [0, 0.1) is 5.92 Å². The van der Waals surface area contributed by atoms with Crippen LogP contribution in [-0.2, 0) is 16.1 Å². The van der Waals surface area contributed by atoms with Crippen molar-refractivity contribution in [3.8, 4) is 0 Å². The summed E-state index contributed by atoms with van der Waals surface area (Å²) in [5.74, 6) is 0.0934. The van der Waals surface area contributed by atoms with Crippen LogP contribution < -0.4 is 0 Å². The number of rotatable bonds is 5. The second kappa shape index (κ2) is 7.79. The summed E-state index contributed by atoms with van der Waals surface area (Å²) in [7, 11) is 0. The van der Waals surface area contributed by atoms with Gasteiger partial charge in [0.15, 0.2) is 0 Å². The van der Waals surface area contributed by atoms with Gasteiger partial charge in [0.2, 0.25) is 11.8 Å². The maximum atomic E-state index is 12.7. The highest BCUT2D eigenvalue weighted by Gasteiger charge is 2.37. The molecule has 0 saturated carbocycles. The zero-order valence-electron chi connectivity index (χ0n) is 14.5. The first-order chi connectivity index (χ1) is 11.7. The summed E-state index contributed by atoms with van der Waals surface area (Å²) < 4.78 is 0. The third-order valence-electron chi connectivity index (χ3n) is 5.00. The third-order valence-corrected chi connectivity index (χ3v) is 5.00. The molecule has 1 aromatic rings. The minimum absolute atomic E-state index is 0.0989. The van der Waals surface area contributed by atoms with Crippen molar-refractivity contribution >= 4 is 11.8 Å². The summed E-state index contributed by atoms with van der Waals surface area (Å²) >= 11 is 0. The molecular formula is C19H27N3O2. The number of hydrogen-bond acceptors (Lipinski definition) is 3. The summed E-state index contributed by atoms with van der Waals surface area (Å²) in [6, 6.07) is 9.98. The first kappa shape index (κ1) is 17.0. The average molecular weight is 329 g/mol. The van der Waals surface area contributed by atoms with Crippen LogP contribution in [0.1, 0.15) is 25.3 Å². The van der Waals surface area contributed by atoms with Crippen molar-refractivity contribution < 1.29 is 9.59 Å². The Bertz CT molecular complexity index is 567. The Kier molecular flexibility index (Phi) is 5.51. The minimum Gasteiger partial charge on any atom is -0.340 e. The summed E-state index contributed by atoms with van der Waals surface area (Å²) in [5, 5.41) is 0. The van der Waals surface area contributed by atoms with Crippen LogP contribution >= 0.6 is 0 Å². The Morgan fingerprint density at radius 3 is 2.50 bits per heavy atom. The molecule has 0 aliphatic carbocycles. The molecule has 1 unspecified atom stereocenters. The van der Waals surface area contributed by atoms with Gasteiger partial charge in [-0.2, -0.15) is 0 Å². The predicted molar refractivity (Wildman–Crippen MR) is 93.3 cm³/mol. The molecule has 24 heavy (non-hydrogen) atoms. The molecule has 2 saturated heterocycles. The molecule has 0 radical (unpaired) electrons. The highest BCUT2D eigenvalue weighted by molar-refractivity contribution is 5.89. The molecule has 0 spiro atoms. The zero-order valence-corrected chi connectivity index (χ0v) is 14.5. The molecule has 0 N–H and O–H groups in total. The molecule has 2 aliphatic heterocycles. The van der Waals surface area contributed by atoms with Crippen LogP contribution in [0.25, 0.3) is 0 Å².